The first-order valence-electron chi connectivity index (χ1n) is 7.62. The van der Waals surface area contributed by atoms with Crippen LogP contribution < -0.4 is 5.73 Å². The Hall–Kier alpha value is -1.43. The summed E-state index contributed by atoms with van der Waals surface area (Å²) < 4.78 is 0. The number of nitrogens with two attached hydrogens (primary N) is 1. The Bertz CT molecular complexity index is 688. The van der Waals surface area contributed by atoms with Gasteiger partial charge in [0.25, 0.3) is 5.91 Å². The van der Waals surface area contributed by atoms with Gasteiger partial charge in [0.1, 0.15) is 10.7 Å². The number of aryl methyl sites for hydroxylation is 1. The second-order valence-corrected chi connectivity index (χ2v) is 6.85. The van der Waals surface area contributed by atoms with E-state index in [1.165, 1.54) is 16.9 Å². The molecule has 23 heavy (non-hydrogen) atoms. The molecule has 2 unspecified atom stereocenters. The molecule has 2 aromatic rings. The van der Waals surface area contributed by atoms with Crippen molar-refractivity contribution in [3.63, 3.8) is 0 Å². The summed E-state index contributed by atoms with van der Waals surface area (Å²) in [6.07, 6.45) is 0.983. The van der Waals surface area contributed by atoms with Crippen LogP contribution in [-0.4, -0.2) is 34.9 Å². The number of carbonyl (C=O) groups is 1. The number of carbonyl (C=O) groups excluding carboxylic acids is 1. The fraction of sp³-hybridized carbons (Fsp3) is 0.412. The monoisotopic (exact) mass is 351 g/mol. The van der Waals surface area contributed by atoms with Crippen LogP contribution >= 0.6 is 23.7 Å². The number of hydrogen-bond donors (Lipinski definition) is 1. The van der Waals surface area contributed by atoms with Gasteiger partial charge >= 0.3 is 0 Å². The molecule has 2 N–H and O–H groups in total. The second-order valence-electron chi connectivity index (χ2n) is 6.00. The zero-order chi connectivity index (χ0) is 15.7. The highest BCUT2D eigenvalue weighted by atomic mass is 35.5. The molecule has 4 nitrogen and oxygen atoms in total. The maximum Gasteiger partial charge on any atom is 0.273 e. The van der Waals surface area contributed by atoms with E-state index < -0.39 is 0 Å². The smallest absolute Gasteiger partial charge is 0.273 e. The van der Waals surface area contributed by atoms with E-state index in [9.17, 15) is 4.79 Å². The summed E-state index contributed by atoms with van der Waals surface area (Å²) >= 11 is 1.53. The summed E-state index contributed by atoms with van der Waals surface area (Å²) in [4.78, 5) is 19.2. The molecule has 1 aliphatic rings. The lowest BCUT2D eigenvalue weighted by Crippen LogP contribution is -2.34. The van der Waals surface area contributed by atoms with Gasteiger partial charge in [-0.25, -0.2) is 4.98 Å². The highest BCUT2D eigenvalue weighted by Crippen LogP contribution is 2.29. The standard InChI is InChI=1S/C17H21N3OS.ClH/c1-11-5-3-4-6-14(11)16-19-15(10-22-16)17(21)20-9-13(8-18)7-12(20)2;/h3-6,10,12-13H,7-9,18H2,1-2H3;1H. The van der Waals surface area contributed by atoms with Crippen molar-refractivity contribution in [2.24, 2.45) is 11.7 Å². The number of likely N-dealkylation sites (tertiary alicyclic amines) is 1. The highest BCUT2D eigenvalue weighted by Gasteiger charge is 2.33. The third kappa shape index (κ3) is 3.57. The van der Waals surface area contributed by atoms with E-state index in [0.717, 1.165) is 23.5 Å². The van der Waals surface area contributed by atoms with Gasteiger partial charge in [-0.15, -0.1) is 23.7 Å². The van der Waals surface area contributed by atoms with Crippen molar-refractivity contribution in [3.05, 3.63) is 40.9 Å². The topological polar surface area (TPSA) is 59.2 Å². The Morgan fingerprint density at radius 1 is 1.43 bits per heavy atom. The molecule has 2 atom stereocenters. The van der Waals surface area contributed by atoms with Crippen molar-refractivity contribution >= 4 is 29.7 Å². The molecule has 0 bridgehead atoms. The number of aromatic nitrogens is 1. The number of benzene rings is 1. The Morgan fingerprint density at radius 2 is 2.17 bits per heavy atom. The van der Waals surface area contributed by atoms with Gasteiger partial charge in [0.05, 0.1) is 0 Å². The molecule has 6 heteroatoms. The maximum atomic E-state index is 12.7. The van der Waals surface area contributed by atoms with Gasteiger partial charge in [-0.1, -0.05) is 24.3 Å². The second kappa shape index (κ2) is 7.43. The van der Waals surface area contributed by atoms with Crippen LogP contribution in [-0.2, 0) is 0 Å². The van der Waals surface area contributed by atoms with Crippen LogP contribution in [0.15, 0.2) is 29.6 Å². The zero-order valence-electron chi connectivity index (χ0n) is 13.4. The van der Waals surface area contributed by atoms with Crippen molar-refractivity contribution in [3.8, 4) is 10.6 Å². The molecule has 0 aliphatic carbocycles. The predicted octanol–water partition coefficient (Wildman–Crippen LogP) is 3.35. The predicted molar refractivity (Wildman–Crippen MR) is 97.2 cm³/mol. The molecule has 1 fully saturated rings. The SMILES string of the molecule is Cc1ccccc1-c1nc(C(=O)N2CC(CN)CC2C)cs1.Cl. The minimum atomic E-state index is 0. The molecule has 3 rings (SSSR count). The molecule has 0 spiro atoms. The Kier molecular flexibility index (Phi) is 5.79. The first-order valence-corrected chi connectivity index (χ1v) is 8.50. The third-order valence-electron chi connectivity index (χ3n) is 4.35. The molecule has 124 valence electrons. The van der Waals surface area contributed by atoms with Gasteiger partial charge in [0, 0.05) is 23.5 Å². The van der Waals surface area contributed by atoms with E-state index in [-0.39, 0.29) is 24.4 Å². The van der Waals surface area contributed by atoms with Gasteiger partial charge in [-0.05, 0) is 38.3 Å². The number of nitrogens with zero attached hydrogens (tertiary/aromatic N) is 2. The van der Waals surface area contributed by atoms with E-state index in [4.69, 9.17) is 5.73 Å². The lowest BCUT2D eigenvalue weighted by molar-refractivity contribution is 0.0738. The lowest BCUT2D eigenvalue weighted by Gasteiger charge is -2.20. The Labute approximate surface area is 147 Å². The van der Waals surface area contributed by atoms with E-state index in [1.54, 1.807) is 0 Å². The molecule has 1 aliphatic heterocycles. The molecular weight excluding hydrogens is 330 g/mol. The van der Waals surface area contributed by atoms with E-state index in [0.29, 0.717) is 18.2 Å². The van der Waals surface area contributed by atoms with Crippen molar-refractivity contribution in [1.82, 2.24) is 9.88 Å². The number of rotatable bonds is 3. The van der Waals surface area contributed by atoms with Gasteiger partial charge in [-0.3, -0.25) is 4.79 Å². The minimum Gasteiger partial charge on any atom is -0.334 e. The zero-order valence-corrected chi connectivity index (χ0v) is 15.0. The Morgan fingerprint density at radius 3 is 2.83 bits per heavy atom. The molecule has 1 amide bonds. The van der Waals surface area contributed by atoms with E-state index in [1.807, 2.05) is 28.5 Å². The van der Waals surface area contributed by atoms with Gasteiger partial charge in [0.15, 0.2) is 0 Å². The quantitative estimate of drug-likeness (QED) is 0.922. The summed E-state index contributed by atoms with van der Waals surface area (Å²) in [5.41, 5.74) is 8.56. The molecule has 0 radical (unpaired) electrons. The fourth-order valence-electron chi connectivity index (χ4n) is 3.05. The largest absolute Gasteiger partial charge is 0.334 e. The average molecular weight is 352 g/mol. The number of amides is 1. The van der Waals surface area contributed by atoms with Gasteiger partial charge < -0.3 is 10.6 Å². The fourth-order valence-corrected chi connectivity index (χ4v) is 3.94. The van der Waals surface area contributed by atoms with Crippen LogP contribution in [0.5, 0.6) is 0 Å². The van der Waals surface area contributed by atoms with Gasteiger partial charge in [0.2, 0.25) is 0 Å². The summed E-state index contributed by atoms with van der Waals surface area (Å²) in [5, 5.41) is 2.77. The van der Waals surface area contributed by atoms with E-state index >= 15 is 0 Å². The van der Waals surface area contributed by atoms with Crippen LogP contribution in [0.1, 0.15) is 29.4 Å². The molecule has 1 aromatic carbocycles. The summed E-state index contributed by atoms with van der Waals surface area (Å²) in [5.74, 6) is 0.438. The number of halogens is 1. The van der Waals surface area contributed by atoms with Crippen LogP contribution in [0.2, 0.25) is 0 Å². The van der Waals surface area contributed by atoms with Gasteiger partial charge in [-0.2, -0.15) is 0 Å². The minimum absolute atomic E-state index is 0. The van der Waals surface area contributed by atoms with Crippen LogP contribution in [0.4, 0.5) is 0 Å². The first-order chi connectivity index (χ1) is 10.6. The van der Waals surface area contributed by atoms with Crippen molar-refractivity contribution in [2.45, 2.75) is 26.3 Å². The van der Waals surface area contributed by atoms with Crippen LogP contribution in [0.25, 0.3) is 10.6 Å². The summed E-state index contributed by atoms with van der Waals surface area (Å²) in [6.45, 7) is 5.53. The highest BCUT2D eigenvalue weighted by molar-refractivity contribution is 7.13. The molecule has 2 heterocycles. The number of hydrogen-bond acceptors (Lipinski definition) is 4. The van der Waals surface area contributed by atoms with Crippen LogP contribution in [0.3, 0.4) is 0 Å². The molecule has 1 saturated heterocycles. The van der Waals surface area contributed by atoms with Crippen molar-refractivity contribution in [1.29, 1.82) is 0 Å². The van der Waals surface area contributed by atoms with Crippen molar-refractivity contribution in [2.75, 3.05) is 13.1 Å². The number of thiazole rings is 1. The third-order valence-corrected chi connectivity index (χ3v) is 5.23. The maximum absolute atomic E-state index is 12.7. The summed E-state index contributed by atoms with van der Waals surface area (Å²) in [7, 11) is 0. The average Bonchev–Trinajstić information content (AvgIpc) is 3.14. The molecule has 1 aromatic heterocycles. The molecule has 0 saturated carbocycles. The Balaban J connectivity index is 0.00000192. The normalized spacial score (nSPS) is 20.4. The lowest BCUT2D eigenvalue weighted by atomic mass is 10.1. The van der Waals surface area contributed by atoms with E-state index in [2.05, 4.69) is 24.9 Å². The van der Waals surface area contributed by atoms with Crippen molar-refractivity contribution < 1.29 is 4.79 Å². The summed E-state index contributed by atoms with van der Waals surface area (Å²) in [6, 6.07) is 8.36. The first kappa shape index (κ1) is 17.9. The molecular formula is C17H22ClN3OS. The van der Waals surface area contributed by atoms with Crippen LogP contribution in [0, 0.1) is 12.8 Å².